The number of hydrogen-bond acceptors (Lipinski definition) is 6. The Hall–Kier alpha value is -3.16. The van der Waals surface area contributed by atoms with E-state index in [2.05, 4.69) is 4.98 Å². The predicted molar refractivity (Wildman–Crippen MR) is 90.1 cm³/mol. The summed E-state index contributed by atoms with van der Waals surface area (Å²) in [6, 6.07) is 8.49. The normalized spacial score (nSPS) is 13.3. The number of aliphatic carboxylic acids is 1. The number of nitrogens with zero attached hydrogens (tertiary/aromatic N) is 3. The van der Waals surface area contributed by atoms with Gasteiger partial charge in [0.2, 0.25) is 5.88 Å². The van der Waals surface area contributed by atoms with Gasteiger partial charge in [-0.25, -0.2) is 4.98 Å². The van der Waals surface area contributed by atoms with Crippen LogP contribution in [0.4, 0.5) is 11.4 Å². The van der Waals surface area contributed by atoms with Gasteiger partial charge in [-0.1, -0.05) is 0 Å². The van der Waals surface area contributed by atoms with Crippen molar-refractivity contribution in [2.24, 2.45) is 0 Å². The summed E-state index contributed by atoms with van der Waals surface area (Å²) in [5.74, 6) is -0.0397. The van der Waals surface area contributed by atoms with E-state index in [4.69, 9.17) is 9.84 Å². The first kappa shape index (κ1) is 16.7. The second-order valence-corrected chi connectivity index (χ2v) is 5.92. The molecule has 1 aliphatic carbocycles. The summed E-state index contributed by atoms with van der Waals surface area (Å²) >= 11 is 0. The Labute approximate surface area is 143 Å². The predicted octanol–water partition coefficient (Wildman–Crippen LogP) is 3.14. The highest BCUT2D eigenvalue weighted by molar-refractivity contribution is 5.74. The molecule has 3 rings (SSSR count). The fourth-order valence-electron chi connectivity index (χ4n) is 2.54. The maximum atomic E-state index is 11.1. The third kappa shape index (κ3) is 4.03. The molecule has 0 saturated heterocycles. The molecule has 1 fully saturated rings. The standard InChI is InChI=1S/C17H17N3O5/c1-11-8-13(19(10-17(21)22)12-2-3-12)4-6-15(11)25-16-7-5-14(9-18-16)20(23)24/h4-9,12H,2-3,10H2,1H3,(H,21,22). The van der Waals surface area contributed by atoms with Gasteiger partial charge in [0.1, 0.15) is 18.5 Å². The van der Waals surface area contributed by atoms with Gasteiger partial charge in [0.25, 0.3) is 5.69 Å². The highest BCUT2D eigenvalue weighted by Gasteiger charge is 2.30. The molecule has 1 aromatic carbocycles. The first-order chi connectivity index (χ1) is 11.9. The lowest BCUT2D eigenvalue weighted by atomic mass is 10.2. The molecule has 1 N–H and O–H groups in total. The van der Waals surface area contributed by atoms with Crippen LogP contribution in [0.5, 0.6) is 11.6 Å². The molecule has 25 heavy (non-hydrogen) atoms. The molecule has 1 heterocycles. The molecule has 2 aromatic rings. The van der Waals surface area contributed by atoms with Crippen LogP contribution in [-0.4, -0.2) is 33.6 Å². The lowest BCUT2D eigenvalue weighted by molar-refractivity contribution is -0.385. The Morgan fingerprint density at radius 1 is 1.40 bits per heavy atom. The van der Waals surface area contributed by atoms with Crippen LogP contribution in [0.15, 0.2) is 36.5 Å². The first-order valence-electron chi connectivity index (χ1n) is 7.81. The summed E-state index contributed by atoms with van der Waals surface area (Å²) in [7, 11) is 0. The van der Waals surface area contributed by atoms with Crippen molar-refractivity contribution in [1.29, 1.82) is 0 Å². The number of aromatic nitrogens is 1. The second kappa shape index (κ2) is 6.76. The molecule has 0 radical (unpaired) electrons. The fourth-order valence-corrected chi connectivity index (χ4v) is 2.54. The maximum absolute atomic E-state index is 11.1. The molecule has 0 aliphatic heterocycles. The number of carboxylic acids is 1. The molecule has 1 saturated carbocycles. The third-order valence-corrected chi connectivity index (χ3v) is 3.93. The van der Waals surface area contributed by atoms with Crippen molar-refractivity contribution in [2.45, 2.75) is 25.8 Å². The molecule has 0 spiro atoms. The number of benzene rings is 1. The van der Waals surface area contributed by atoms with Crippen LogP contribution in [0, 0.1) is 17.0 Å². The van der Waals surface area contributed by atoms with Crippen LogP contribution < -0.4 is 9.64 Å². The molecule has 0 unspecified atom stereocenters. The van der Waals surface area contributed by atoms with Gasteiger partial charge in [-0.3, -0.25) is 14.9 Å². The maximum Gasteiger partial charge on any atom is 0.323 e. The smallest absolute Gasteiger partial charge is 0.323 e. The molecule has 0 bridgehead atoms. The Morgan fingerprint density at radius 3 is 2.68 bits per heavy atom. The molecule has 0 atom stereocenters. The summed E-state index contributed by atoms with van der Waals surface area (Å²) in [6.45, 7) is 1.82. The van der Waals surface area contributed by atoms with Crippen LogP contribution in [0.1, 0.15) is 18.4 Å². The van der Waals surface area contributed by atoms with Crippen LogP contribution in [0.2, 0.25) is 0 Å². The number of carboxylic acid groups (broad SMARTS) is 1. The van der Waals surface area contributed by atoms with E-state index < -0.39 is 10.9 Å². The summed E-state index contributed by atoms with van der Waals surface area (Å²) < 4.78 is 5.67. The van der Waals surface area contributed by atoms with Gasteiger partial charge in [0.15, 0.2) is 0 Å². The minimum atomic E-state index is -0.861. The fraction of sp³-hybridized carbons (Fsp3) is 0.294. The summed E-state index contributed by atoms with van der Waals surface area (Å²) in [5, 5.41) is 19.7. The lowest BCUT2D eigenvalue weighted by Gasteiger charge is -2.23. The van der Waals surface area contributed by atoms with E-state index in [0.29, 0.717) is 5.75 Å². The average Bonchev–Trinajstić information content (AvgIpc) is 3.40. The van der Waals surface area contributed by atoms with Crippen LogP contribution >= 0.6 is 0 Å². The second-order valence-electron chi connectivity index (χ2n) is 5.92. The third-order valence-electron chi connectivity index (χ3n) is 3.93. The van der Waals surface area contributed by atoms with Crippen molar-refractivity contribution in [3.63, 3.8) is 0 Å². The van der Waals surface area contributed by atoms with Gasteiger partial charge < -0.3 is 14.7 Å². The summed E-state index contributed by atoms with van der Waals surface area (Å²) in [6.07, 6.45) is 3.13. The minimum absolute atomic E-state index is 0.0335. The minimum Gasteiger partial charge on any atom is -0.480 e. The van der Waals surface area contributed by atoms with E-state index in [1.165, 1.54) is 12.1 Å². The molecule has 1 aliphatic rings. The number of hydrogen-bond donors (Lipinski definition) is 1. The first-order valence-corrected chi connectivity index (χ1v) is 7.81. The quantitative estimate of drug-likeness (QED) is 0.608. The van der Waals surface area contributed by atoms with Crippen molar-refractivity contribution in [1.82, 2.24) is 4.98 Å². The number of carbonyl (C=O) groups is 1. The number of anilines is 1. The van der Waals surface area contributed by atoms with Gasteiger partial charge in [-0.05, 0) is 43.5 Å². The summed E-state index contributed by atoms with van der Waals surface area (Å²) in [4.78, 5) is 27.0. The largest absolute Gasteiger partial charge is 0.480 e. The van der Waals surface area contributed by atoms with E-state index >= 15 is 0 Å². The zero-order valence-electron chi connectivity index (χ0n) is 13.6. The molecule has 130 valence electrons. The van der Waals surface area contributed by atoms with Crippen molar-refractivity contribution in [3.05, 3.63) is 52.2 Å². The van der Waals surface area contributed by atoms with Crippen molar-refractivity contribution < 1.29 is 19.6 Å². The highest BCUT2D eigenvalue weighted by atomic mass is 16.6. The molecule has 8 nitrogen and oxygen atoms in total. The molecule has 8 heteroatoms. The van der Waals surface area contributed by atoms with E-state index in [-0.39, 0.29) is 24.2 Å². The Kier molecular flexibility index (Phi) is 4.51. The van der Waals surface area contributed by atoms with Crippen LogP contribution in [0.25, 0.3) is 0 Å². The van der Waals surface area contributed by atoms with Crippen LogP contribution in [0.3, 0.4) is 0 Å². The Morgan fingerprint density at radius 2 is 2.16 bits per heavy atom. The van der Waals surface area contributed by atoms with Gasteiger partial charge in [0, 0.05) is 23.9 Å². The molecule has 0 amide bonds. The lowest BCUT2D eigenvalue weighted by Crippen LogP contribution is -2.31. The van der Waals surface area contributed by atoms with E-state index in [1.807, 2.05) is 24.0 Å². The SMILES string of the molecule is Cc1cc(N(CC(=O)O)C2CC2)ccc1Oc1ccc([N+](=O)[O-])cn1. The van der Waals surface area contributed by atoms with Crippen LogP contribution in [-0.2, 0) is 4.79 Å². The topological polar surface area (TPSA) is 106 Å². The number of aryl methyl sites for hydroxylation is 1. The molecular weight excluding hydrogens is 326 g/mol. The number of nitro groups is 1. The number of ether oxygens (including phenoxy) is 1. The Bertz CT molecular complexity index is 802. The number of pyridine rings is 1. The van der Waals surface area contributed by atoms with Crippen molar-refractivity contribution >= 4 is 17.3 Å². The van der Waals surface area contributed by atoms with Crippen molar-refractivity contribution in [3.8, 4) is 11.6 Å². The van der Waals surface area contributed by atoms with Gasteiger partial charge >= 0.3 is 5.97 Å². The summed E-state index contributed by atoms with van der Waals surface area (Å²) in [5.41, 5.74) is 1.56. The Balaban J connectivity index is 1.77. The molecular formula is C17H17N3O5. The zero-order chi connectivity index (χ0) is 18.0. The molecule has 1 aromatic heterocycles. The monoisotopic (exact) mass is 343 g/mol. The average molecular weight is 343 g/mol. The highest BCUT2D eigenvalue weighted by Crippen LogP contribution is 2.34. The van der Waals surface area contributed by atoms with E-state index in [0.717, 1.165) is 30.3 Å². The van der Waals surface area contributed by atoms with Crippen molar-refractivity contribution in [2.75, 3.05) is 11.4 Å². The van der Waals surface area contributed by atoms with E-state index in [1.54, 1.807) is 6.07 Å². The van der Waals surface area contributed by atoms with Gasteiger partial charge in [-0.15, -0.1) is 0 Å². The number of rotatable bonds is 7. The van der Waals surface area contributed by atoms with Gasteiger partial charge in [-0.2, -0.15) is 0 Å². The van der Waals surface area contributed by atoms with E-state index in [9.17, 15) is 14.9 Å². The zero-order valence-corrected chi connectivity index (χ0v) is 13.6. The van der Waals surface area contributed by atoms with Gasteiger partial charge in [0.05, 0.1) is 4.92 Å².